The number of aromatic nitrogens is 1. The lowest BCUT2D eigenvalue weighted by Crippen LogP contribution is -1.94. The molecule has 0 aliphatic rings. The number of halogens is 3. The molecule has 2 N–H and O–H groups in total. The van der Waals surface area contributed by atoms with Crippen molar-refractivity contribution >= 4 is 38.8 Å². The van der Waals surface area contributed by atoms with Gasteiger partial charge < -0.3 is 5.73 Å². The molecule has 0 radical (unpaired) electrons. The molecule has 0 unspecified atom stereocenters. The van der Waals surface area contributed by atoms with Crippen LogP contribution in [-0.2, 0) is 0 Å². The molecule has 3 aromatic rings. The highest BCUT2D eigenvalue weighted by Crippen LogP contribution is 2.34. The first-order valence-corrected chi connectivity index (χ1v) is 6.55. The van der Waals surface area contributed by atoms with Crippen molar-refractivity contribution in [3.05, 3.63) is 47.0 Å². The van der Waals surface area contributed by atoms with Gasteiger partial charge in [-0.2, -0.15) is 0 Å². The first kappa shape index (κ1) is 12.3. The van der Waals surface area contributed by atoms with Crippen molar-refractivity contribution in [1.82, 2.24) is 4.98 Å². The van der Waals surface area contributed by atoms with Crippen LogP contribution in [0.4, 0.5) is 14.5 Å². The van der Waals surface area contributed by atoms with Gasteiger partial charge in [-0.15, -0.1) is 11.3 Å². The Morgan fingerprint density at radius 3 is 2.68 bits per heavy atom. The predicted octanol–water partition coefficient (Wildman–Crippen LogP) is 4.48. The largest absolute Gasteiger partial charge is 0.396 e. The fourth-order valence-electron chi connectivity index (χ4n) is 1.74. The maximum atomic E-state index is 13.8. The third-order valence-corrected chi connectivity index (χ3v) is 3.95. The number of fused-ring (bicyclic) bond motifs is 1. The lowest BCUT2D eigenvalue weighted by Gasteiger charge is -2.01. The zero-order valence-corrected chi connectivity index (χ0v) is 11.0. The first-order chi connectivity index (χ1) is 9.04. The summed E-state index contributed by atoms with van der Waals surface area (Å²) >= 11 is 7.17. The van der Waals surface area contributed by atoms with Crippen molar-refractivity contribution in [3.8, 4) is 10.6 Å². The van der Waals surface area contributed by atoms with E-state index in [1.54, 1.807) is 18.2 Å². The van der Waals surface area contributed by atoms with E-state index in [1.807, 2.05) is 0 Å². The minimum Gasteiger partial charge on any atom is -0.396 e. The SMILES string of the molecule is Nc1cc(-c2nc3ccc(Cl)cc3s2)c(F)cc1F. The van der Waals surface area contributed by atoms with E-state index in [1.165, 1.54) is 17.4 Å². The van der Waals surface area contributed by atoms with Crippen LogP contribution in [0, 0.1) is 11.6 Å². The Labute approximate surface area is 116 Å². The monoisotopic (exact) mass is 296 g/mol. The number of nitrogen functional groups attached to an aromatic ring is 1. The van der Waals surface area contributed by atoms with Gasteiger partial charge in [-0.1, -0.05) is 11.6 Å². The Hall–Kier alpha value is -1.72. The standard InChI is InChI=1S/C13H7ClF2N2S/c14-6-1-2-11-12(3-6)19-13(18-11)7-4-10(17)9(16)5-8(7)15/h1-5H,17H2. The summed E-state index contributed by atoms with van der Waals surface area (Å²) in [5, 5.41) is 1.03. The van der Waals surface area contributed by atoms with E-state index in [0.717, 1.165) is 10.8 Å². The average molecular weight is 297 g/mol. The molecule has 1 aromatic heterocycles. The van der Waals surface area contributed by atoms with Crippen LogP contribution in [0.15, 0.2) is 30.3 Å². The van der Waals surface area contributed by atoms with Crippen LogP contribution in [0.1, 0.15) is 0 Å². The van der Waals surface area contributed by atoms with Crippen LogP contribution >= 0.6 is 22.9 Å². The maximum Gasteiger partial charge on any atom is 0.149 e. The molecule has 0 aliphatic heterocycles. The van der Waals surface area contributed by atoms with E-state index < -0.39 is 11.6 Å². The fourth-order valence-corrected chi connectivity index (χ4v) is 3.00. The maximum absolute atomic E-state index is 13.8. The molecule has 96 valence electrons. The number of thiazole rings is 1. The Bertz CT molecular complexity index is 786. The molecule has 0 saturated carbocycles. The lowest BCUT2D eigenvalue weighted by molar-refractivity contribution is 0.588. The second kappa shape index (κ2) is 4.43. The number of rotatable bonds is 1. The summed E-state index contributed by atoms with van der Waals surface area (Å²) in [6, 6.07) is 7.24. The zero-order valence-electron chi connectivity index (χ0n) is 9.45. The van der Waals surface area contributed by atoms with Gasteiger partial charge in [0.25, 0.3) is 0 Å². The van der Waals surface area contributed by atoms with Gasteiger partial charge in [-0.3, -0.25) is 0 Å². The molecular weight excluding hydrogens is 290 g/mol. The zero-order chi connectivity index (χ0) is 13.6. The molecular formula is C13H7ClF2N2S. The second-order valence-corrected chi connectivity index (χ2v) is 5.45. The summed E-state index contributed by atoms with van der Waals surface area (Å²) in [6.07, 6.45) is 0. The van der Waals surface area contributed by atoms with Crippen LogP contribution in [0.3, 0.4) is 0 Å². The van der Waals surface area contributed by atoms with Crippen LogP contribution < -0.4 is 5.73 Å². The molecule has 0 spiro atoms. The number of hydrogen-bond donors (Lipinski definition) is 1. The number of nitrogens with two attached hydrogens (primary N) is 1. The predicted molar refractivity (Wildman–Crippen MR) is 74.4 cm³/mol. The van der Waals surface area contributed by atoms with E-state index in [9.17, 15) is 8.78 Å². The molecule has 2 aromatic carbocycles. The number of nitrogens with zero attached hydrogens (tertiary/aromatic N) is 1. The van der Waals surface area contributed by atoms with Crippen LogP contribution in [0.2, 0.25) is 5.02 Å². The van der Waals surface area contributed by atoms with Gasteiger partial charge in [0, 0.05) is 16.7 Å². The van der Waals surface area contributed by atoms with E-state index in [-0.39, 0.29) is 11.3 Å². The van der Waals surface area contributed by atoms with Crippen molar-refractivity contribution in [2.24, 2.45) is 0 Å². The minimum absolute atomic E-state index is 0.103. The van der Waals surface area contributed by atoms with Crippen molar-refractivity contribution in [2.45, 2.75) is 0 Å². The molecule has 0 fully saturated rings. The highest BCUT2D eigenvalue weighted by Gasteiger charge is 2.14. The minimum atomic E-state index is -0.773. The number of benzene rings is 2. The van der Waals surface area contributed by atoms with Gasteiger partial charge in [0.1, 0.15) is 16.6 Å². The first-order valence-electron chi connectivity index (χ1n) is 5.35. The molecule has 19 heavy (non-hydrogen) atoms. The Balaban J connectivity index is 2.21. The van der Waals surface area contributed by atoms with Crippen molar-refractivity contribution in [2.75, 3.05) is 5.73 Å². The highest BCUT2D eigenvalue weighted by molar-refractivity contribution is 7.21. The third kappa shape index (κ3) is 2.15. The fraction of sp³-hybridized carbons (Fsp3) is 0. The van der Waals surface area contributed by atoms with E-state index in [2.05, 4.69) is 4.98 Å². The Morgan fingerprint density at radius 2 is 1.89 bits per heavy atom. The number of anilines is 1. The molecule has 2 nitrogen and oxygen atoms in total. The molecule has 3 rings (SSSR count). The van der Waals surface area contributed by atoms with Crippen LogP contribution in [0.5, 0.6) is 0 Å². The summed E-state index contributed by atoms with van der Waals surface area (Å²) < 4.78 is 27.7. The Kier molecular flexibility index (Phi) is 2.88. The second-order valence-electron chi connectivity index (χ2n) is 3.98. The van der Waals surface area contributed by atoms with Crippen molar-refractivity contribution in [3.63, 3.8) is 0 Å². The molecule has 0 bridgehead atoms. The summed E-state index contributed by atoms with van der Waals surface area (Å²) in [7, 11) is 0. The van der Waals surface area contributed by atoms with E-state index in [4.69, 9.17) is 17.3 Å². The summed E-state index contributed by atoms with van der Waals surface area (Å²) in [6.45, 7) is 0. The van der Waals surface area contributed by atoms with Gasteiger partial charge in [-0.25, -0.2) is 13.8 Å². The molecule has 0 saturated heterocycles. The smallest absolute Gasteiger partial charge is 0.149 e. The quantitative estimate of drug-likeness (QED) is 0.673. The van der Waals surface area contributed by atoms with Crippen LogP contribution in [0.25, 0.3) is 20.8 Å². The summed E-state index contributed by atoms with van der Waals surface area (Å²) in [4.78, 5) is 4.30. The van der Waals surface area contributed by atoms with Crippen molar-refractivity contribution in [1.29, 1.82) is 0 Å². The van der Waals surface area contributed by atoms with E-state index in [0.29, 0.717) is 15.5 Å². The van der Waals surface area contributed by atoms with Gasteiger partial charge in [0.15, 0.2) is 0 Å². The molecule has 0 aliphatic carbocycles. The average Bonchev–Trinajstić information content (AvgIpc) is 2.76. The number of hydrogen-bond acceptors (Lipinski definition) is 3. The Morgan fingerprint density at radius 1 is 1.11 bits per heavy atom. The molecule has 6 heteroatoms. The third-order valence-electron chi connectivity index (χ3n) is 2.67. The summed E-state index contributed by atoms with van der Waals surface area (Å²) in [5.74, 6) is -1.46. The van der Waals surface area contributed by atoms with Crippen LogP contribution in [-0.4, -0.2) is 4.98 Å². The lowest BCUT2D eigenvalue weighted by atomic mass is 10.2. The molecule has 1 heterocycles. The van der Waals surface area contributed by atoms with Gasteiger partial charge >= 0.3 is 0 Å². The van der Waals surface area contributed by atoms with Gasteiger partial charge in [-0.05, 0) is 24.3 Å². The van der Waals surface area contributed by atoms with E-state index >= 15 is 0 Å². The molecule has 0 amide bonds. The van der Waals surface area contributed by atoms with Crippen molar-refractivity contribution < 1.29 is 8.78 Å². The topological polar surface area (TPSA) is 38.9 Å². The van der Waals surface area contributed by atoms with Gasteiger partial charge in [0.05, 0.1) is 15.9 Å². The van der Waals surface area contributed by atoms with Gasteiger partial charge in [0.2, 0.25) is 0 Å². The molecule has 0 atom stereocenters. The summed E-state index contributed by atoms with van der Waals surface area (Å²) in [5.41, 5.74) is 6.26. The highest BCUT2D eigenvalue weighted by atomic mass is 35.5. The normalized spacial score (nSPS) is 11.1.